The van der Waals surface area contributed by atoms with E-state index in [4.69, 9.17) is 0 Å². The fourth-order valence-corrected chi connectivity index (χ4v) is 1.05. The van der Waals surface area contributed by atoms with Crippen molar-refractivity contribution in [3.63, 3.8) is 0 Å². The molecule has 0 aliphatic rings. The Labute approximate surface area is 66.2 Å². The van der Waals surface area contributed by atoms with Crippen molar-refractivity contribution in [1.82, 2.24) is 0 Å². The van der Waals surface area contributed by atoms with Gasteiger partial charge < -0.3 is 0 Å². The van der Waals surface area contributed by atoms with Gasteiger partial charge in [0.1, 0.15) is 7.85 Å². The molecule has 0 rings (SSSR count). The fraction of sp³-hybridized carbons (Fsp3) is 0.667. The van der Waals surface area contributed by atoms with E-state index < -0.39 is 0 Å². The van der Waals surface area contributed by atoms with E-state index in [9.17, 15) is 9.59 Å². The largest absolute Gasteiger partial charge is 0.290 e. The fourth-order valence-electron chi connectivity index (χ4n) is 0.350. The molecule has 0 aliphatic carbocycles. The lowest BCUT2D eigenvalue weighted by molar-refractivity contribution is -0.130. The van der Waals surface area contributed by atoms with Crippen molar-refractivity contribution in [2.75, 3.05) is 0 Å². The summed E-state index contributed by atoms with van der Waals surface area (Å²) < 4.78 is -0.150. The number of Topliss-reactive ketones (excluding diaryl/α,β-unsaturated/α-hetero) is 1. The van der Waals surface area contributed by atoms with Crippen LogP contribution in [0.4, 0.5) is 0 Å². The summed E-state index contributed by atoms with van der Waals surface area (Å²) in [5.74, 6) is -0.375. The molecule has 0 unspecified atom stereocenters. The summed E-state index contributed by atoms with van der Waals surface area (Å²) in [6.45, 7) is 5.10. The summed E-state index contributed by atoms with van der Waals surface area (Å²) in [6, 6.07) is 0. The molecule has 0 saturated heterocycles. The Bertz CT molecular complexity index is 160. The van der Waals surface area contributed by atoms with E-state index in [1.165, 1.54) is 6.92 Å². The Morgan fingerprint density at radius 2 is 1.80 bits per heavy atom. The van der Waals surface area contributed by atoms with Gasteiger partial charge in [-0.25, -0.2) is 0 Å². The SMILES string of the molecule is BC(C)(C)SC(=O)C(C)=O. The van der Waals surface area contributed by atoms with Crippen molar-refractivity contribution in [3.05, 3.63) is 0 Å². The molecule has 0 heterocycles. The lowest BCUT2D eigenvalue weighted by atomic mass is 9.91. The smallest absolute Gasteiger partial charge is 0.254 e. The summed E-state index contributed by atoms with van der Waals surface area (Å²) in [5, 5.41) is -0.354. The molecule has 0 saturated carbocycles. The quantitative estimate of drug-likeness (QED) is 0.425. The van der Waals surface area contributed by atoms with Gasteiger partial charge in [0.2, 0.25) is 5.78 Å². The second-order valence-electron chi connectivity index (χ2n) is 3.06. The van der Waals surface area contributed by atoms with Crippen molar-refractivity contribution in [2.24, 2.45) is 0 Å². The molecule has 0 atom stereocenters. The summed E-state index contributed by atoms with van der Waals surface area (Å²) in [7, 11) is 1.90. The van der Waals surface area contributed by atoms with Crippen LogP contribution in [-0.4, -0.2) is 23.4 Å². The highest BCUT2D eigenvalue weighted by atomic mass is 32.2. The van der Waals surface area contributed by atoms with E-state index in [2.05, 4.69) is 0 Å². The molecule has 0 amide bonds. The maximum Gasteiger partial charge on any atom is 0.254 e. The Hall–Kier alpha value is -0.245. The number of thioether (sulfide) groups is 1. The minimum atomic E-state index is -0.375. The summed E-state index contributed by atoms with van der Waals surface area (Å²) in [6.07, 6.45) is 0. The van der Waals surface area contributed by atoms with Crippen LogP contribution in [-0.2, 0) is 9.59 Å². The number of hydrogen-bond acceptors (Lipinski definition) is 3. The third-order valence-electron chi connectivity index (χ3n) is 0.686. The maximum atomic E-state index is 10.8. The van der Waals surface area contributed by atoms with E-state index in [1.807, 2.05) is 21.7 Å². The third-order valence-corrected chi connectivity index (χ3v) is 1.77. The van der Waals surface area contributed by atoms with Crippen molar-refractivity contribution in [2.45, 2.75) is 25.4 Å². The zero-order chi connectivity index (χ0) is 8.36. The van der Waals surface area contributed by atoms with Gasteiger partial charge in [-0.15, -0.1) is 0 Å². The average Bonchev–Trinajstić information content (AvgIpc) is 1.60. The molecule has 0 bridgehead atoms. The first-order chi connectivity index (χ1) is 4.33. The predicted octanol–water partition coefficient (Wildman–Crippen LogP) is 0.204. The zero-order valence-corrected chi connectivity index (χ0v) is 7.54. The van der Waals surface area contributed by atoms with E-state index in [0.29, 0.717) is 0 Å². The van der Waals surface area contributed by atoms with Crippen molar-refractivity contribution in [1.29, 1.82) is 0 Å². The van der Waals surface area contributed by atoms with E-state index >= 15 is 0 Å². The first kappa shape index (κ1) is 9.75. The number of carbonyl (C=O) groups excluding carboxylic acids is 2. The molecule has 0 aliphatic heterocycles. The number of carbonyl (C=O) groups is 2. The summed E-state index contributed by atoms with van der Waals surface area (Å²) in [4.78, 5) is 21.2. The van der Waals surface area contributed by atoms with Gasteiger partial charge in [-0.3, -0.25) is 9.59 Å². The molecule has 4 heteroatoms. The normalized spacial score (nSPS) is 11.1. The van der Waals surface area contributed by atoms with Crippen LogP contribution in [0.5, 0.6) is 0 Å². The van der Waals surface area contributed by atoms with Crippen LogP contribution in [0.1, 0.15) is 20.8 Å². The van der Waals surface area contributed by atoms with Crippen LogP contribution in [0.2, 0.25) is 0 Å². The molecule has 0 aromatic heterocycles. The monoisotopic (exact) mass is 158 g/mol. The number of hydrogen-bond donors (Lipinski definition) is 0. The van der Waals surface area contributed by atoms with Crippen LogP contribution in [0.15, 0.2) is 0 Å². The van der Waals surface area contributed by atoms with Gasteiger partial charge in [0.25, 0.3) is 5.12 Å². The molecule has 0 aromatic carbocycles. The minimum Gasteiger partial charge on any atom is -0.290 e. The Balaban J connectivity index is 3.93. The van der Waals surface area contributed by atoms with Gasteiger partial charge >= 0.3 is 0 Å². The molecule has 0 radical (unpaired) electrons. The van der Waals surface area contributed by atoms with Crippen LogP contribution in [0.3, 0.4) is 0 Å². The second kappa shape index (κ2) is 3.24. The molecular formula is C6H11BO2S. The molecule has 0 aromatic rings. The van der Waals surface area contributed by atoms with E-state index in [-0.39, 0.29) is 15.5 Å². The molecule has 0 N–H and O–H groups in total. The van der Waals surface area contributed by atoms with Crippen molar-refractivity contribution < 1.29 is 9.59 Å². The first-order valence-corrected chi connectivity index (χ1v) is 3.88. The van der Waals surface area contributed by atoms with Crippen molar-refractivity contribution in [3.8, 4) is 0 Å². The molecule has 0 fully saturated rings. The van der Waals surface area contributed by atoms with Gasteiger partial charge in [-0.1, -0.05) is 25.6 Å². The predicted molar refractivity (Wildman–Crippen MR) is 45.9 cm³/mol. The highest BCUT2D eigenvalue weighted by Gasteiger charge is 2.19. The minimum absolute atomic E-state index is 0.150. The van der Waals surface area contributed by atoms with Crippen LogP contribution in [0.25, 0.3) is 0 Å². The highest BCUT2D eigenvalue weighted by molar-refractivity contribution is 8.17. The van der Waals surface area contributed by atoms with Gasteiger partial charge in [-0.05, 0) is 4.65 Å². The van der Waals surface area contributed by atoms with Crippen LogP contribution < -0.4 is 0 Å². The van der Waals surface area contributed by atoms with Gasteiger partial charge in [0.05, 0.1) is 0 Å². The number of rotatable bonds is 2. The third kappa shape index (κ3) is 4.62. The zero-order valence-electron chi connectivity index (χ0n) is 6.72. The molecule has 56 valence electrons. The molecule has 10 heavy (non-hydrogen) atoms. The van der Waals surface area contributed by atoms with E-state index in [0.717, 1.165) is 11.8 Å². The molecule has 0 spiro atoms. The second-order valence-corrected chi connectivity index (χ2v) is 4.86. The standard InChI is InChI=1S/C6H11BO2S/c1-4(8)5(9)10-6(2,3)7/h7H2,1-3H3. The first-order valence-electron chi connectivity index (χ1n) is 3.07. The van der Waals surface area contributed by atoms with Gasteiger partial charge in [0.15, 0.2) is 0 Å². The molecule has 2 nitrogen and oxygen atoms in total. The maximum absolute atomic E-state index is 10.8. The summed E-state index contributed by atoms with van der Waals surface area (Å²) >= 11 is 1.08. The number of ketones is 1. The Morgan fingerprint density at radius 3 is 1.90 bits per heavy atom. The van der Waals surface area contributed by atoms with Crippen LogP contribution >= 0.6 is 11.8 Å². The lowest BCUT2D eigenvalue weighted by Crippen LogP contribution is -2.20. The lowest BCUT2D eigenvalue weighted by Gasteiger charge is -2.14. The topological polar surface area (TPSA) is 34.1 Å². The van der Waals surface area contributed by atoms with E-state index in [1.54, 1.807) is 0 Å². The molecular weight excluding hydrogens is 147 g/mol. The Morgan fingerprint density at radius 1 is 1.40 bits per heavy atom. The van der Waals surface area contributed by atoms with Crippen LogP contribution in [0, 0.1) is 0 Å². The van der Waals surface area contributed by atoms with Crippen molar-refractivity contribution >= 4 is 30.5 Å². The Kier molecular flexibility index (Phi) is 3.16. The highest BCUT2D eigenvalue weighted by Crippen LogP contribution is 2.20. The average molecular weight is 158 g/mol. The van der Waals surface area contributed by atoms with Gasteiger partial charge in [-0.2, -0.15) is 0 Å². The summed E-state index contributed by atoms with van der Waals surface area (Å²) in [5.41, 5.74) is 0. The van der Waals surface area contributed by atoms with Gasteiger partial charge in [0, 0.05) is 6.92 Å².